The van der Waals surface area contributed by atoms with Crippen molar-refractivity contribution in [3.8, 4) is 0 Å². The summed E-state index contributed by atoms with van der Waals surface area (Å²) in [6.07, 6.45) is 0. The van der Waals surface area contributed by atoms with Gasteiger partial charge in [-0.25, -0.2) is 8.78 Å². The SMILES string of the molecule is CC(=O)Nc1c(C(N)=O)oc2c(F)cc(F)cc12. The number of halogens is 2. The lowest BCUT2D eigenvalue weighted by Crippen LogP contribution is -2.14. The smallest absolute Gasteiger partial charge is 0.286 e. The van der Waals surface area contributed by atoms with Crippen molar-refractivity contribution in [1.29, 1.82) is 0 Å². The summed E-state index contributed by atoms with van der Waals surface area (Å²) in [5, 5.41) is 2.21. The van der Waals surface area contributed by atoms with E-state index in [4.69, 9.17) is 10.2 Å². The molecule has 1 aromatic carbocycles. The van der Waals surface area contributed by atoms with E-state index in [9.17, 15) is 18.4 Å². The molecule has 1 aromatic heterocycles. The summed E-state index contributed by atoms with van der Waals surface area (Å²) >= 11 is 0. The number of amides is 2. The molecule has 1 heterocycles. The molecule has 5 nitrogen and oxygen atoms in total. The average Bonchev–Trinajstić information content (AvgIpc) is 2.57. The van der Waals surface area contributed by atoms with Crippen LogP contribution in [-0.4, -0.2) is 11.8 Å². The highest BCUT2D eigenvalue weighted by Gasteiger charge is 2.22. The molecule has 94 valence electrons. The highest BCUT2D eigenvalue weighted by molar-refractivity contribution is 6.10. The van der Waals surface area contributed by atoms with Gasteiger partial charge in [-0.05, 0) is 6.07 Å². The van der Waals surface area contributed by atoms with Crippen LogP contribution in [0, 0.1) is 11.6 Å². The number of nitrogens with one attached hydrogen (secondary N) is 1. The molecule has 2 rings (SSSR count). The van der Waals surface area contributed by atoms with Crippen LogP contribution in [0.2, 0.25) is 0 Å². The van der Waals surface area contributed by atoms with Gasteiger partial charge in [0.05, 0.1) is 5.39 Å². The van der Waals surface area contributed by atoms with Crippen molar-refractivity contribution in [2.75, 3.05) is 5.32 Å². The maximum absolute atomic E-state index is 13.4. The summed E-state index contributed by atoms with van der Waals surface area (Å²) in [7, 11) is 0. The Balaban J connectivity index is 2.80. The summed E-state index contributed by atoms with van der Waals surface area (Å²) in [6, 6.07) is 1.55. The number of carbonyl (C=O) groups excluding carboxylic acids is 2. The van der Waals surface area contributed by atoms with Gasteiger partial charge in [0.25, 0.3) is 5.91 Å². The summed E-state index contributed by atoms with van der Waals surface area (Å²) in [4.78, 5) is 22.1. The minimum absolute atomic E-state index is 0.0588. The van der Waals surface area contributed by atoms with Crippen LogP contribution in [0.25, 0.3) is 11.0 Å². The third-order valence-electron chi connectivity index (χ3n) is 2.23. The Labute approximate surface area is 99.5 Å². The monoisotopic (exact) mass is 254 g/mol. The second-order valence-corrected chi connectivity index (χ2v) is 3.62. The van der Waals surface area contributed by atoms with Crippen LogP contribution in [-0.2, 0) is 4.79 Å². The van der Waals surface area contributed by atoms with Crippen molar-refractivity contribution < 1.29 is 22.8 Å². The molecule has 0 bridgehead atoms. The first kappa shape index (κ1) is 12.0. The number of hydrogen-bond donors (Lipinski definition) is 2. The van der Waals surface area contributed by atoms with E-state index in [1.165, 1.54) is 6.92 Å². The first-order valence-electron chi connectivity index (χ1n) is 4.89. The molecule has 0 radical (unpaired) electrons. The van der Waals surface area contributed by atoms with Crippen LogP contribution >= 0.6 is 0 Å². The maximum atomic E-state index is 13.4. The number of carbonyl (C=O) groups is 2. The van der Waals surface area contributed by atoms with Crippen LogP contribution in [0.3, 0.4) is 0 Å². The van der Waals surface area contributed by atoms with Gasteiger partial charge in [-0.3, -0.25) is 9.59 Å². The summed E-state index contributed by atoms with van der Waals surface area (Å²) in [5.74, 6) is -3.78. The van der Waals surface area contributed by atoms with Crippen molar-refractivity contribution in [2.45, 2.75) is 6.92 Å². The highest BCUT2D eigenvalue weighted by atomic mass is 19.1. The normalized spacial score (nSPS) is 10.6. The Kier molecular flexibility index (Phi) is 2.74. The van der Waals surface area contributed by atoms with Gasteiger partial charge in [-0.2, -0.15) is 0 Å². The lowest BCUT2D eigenvalue weighted by Gasteiger charge is -2.00. The molecule has 18 heavy (non-hydrogen) atoms. The third-order valence-corrected chi connectivity index (χ3v) is 2.23. The number of furan rings is 1. The van der Waals surface area contributed by atoms with Crippen LogP contribution in [0.1, 0.15) is 17.5 Å². The standard InChI is InChI=1S/C11H8F2N2O3/c1-4(16)15-8-6-2-5(12)3-7(13)9(6)18-10(8)11(14)17/h2-3H,1H3,(H2,14,17)(H,15,16). The Hall–Kier alpha value is -2.44. The van der Waals surface area contributed by atoms with E-state index in [0.29, 0.717) is 6.07 Å². The molecule has 0 atom stereocenters. The molecule has 2 amide bonds. The van der Waals surface area contributed by atoms with Gasteiger partial charge in [0.15, 0.2) is 11.4 Å². The molecule has 2 aromatic rings. The molecule has 0 saturated carbocycles. The second kappa shape index (κ2) is 4.10. The van der Waals surface area contributed by atoms with Gasteiger partial charge in [-0.1, -0.05) is 0 Å². The minimum Gasteiger partial charge on any atom is -0.446 e. The van der Waals surface area contributed by atoms with Gasteiger partial charge < -0.3 is 15.5 Å². The number of primary amides is 1. The molecule has 0 aliphatic rings. The quantitative estimate of drug-likeness (QED) is 0.856. The summed E-state index contributed by atoms with van der Waals surface area (Å²) in [6.45, 7) is 1.18. The lowest BCUT2D eigenvalue weighted by molar-refractivity contribution is -0.114. The molecule has 0 spiro atoms. The summed E-state index contributed by atoms with van der Waals surface area (Å²) < 4.78 is 31.5. The zero-order valence-corrected chi connectivity index (χ0v) is 9.21. The largest absolute Gasteiger partial charge is 0.446 e. The topological polar surface area (TPSA) is 85.3 Å². The molecule has 7 heteroatoms. The van der Waals surface area contributed by atoms with Crippen molar-refractivity contribution in [2.24, 2.45) is 5.73 Å². The van der Waals surface area contributed by atoms with E-state index < -0.39 is 29.2 Å². The van der Waals surface area contributed by atoms with Crippen molar-refractivity contribution in [1.82, 2.24) is 0 Å². The number of anilines is 1. The number of rotatable bonds is 2. The number of nitrogens with two attached hydrogens (primary N) is 1. The zero-order valence-electron chi connectivity index (χ0n) is 9.21. The van der Waals surface area contributed by atoms with E-state index in [2.05, 4.69) is 5.32 Å². The van der Waals surface area contributed by atoms with Gasteiger partial charge in [-0.15, -0.1) is 0 Å². The van der Waals surface area contributed by atoms with Crippen LogP contribution in [0.4, 0.5) is 14.5 Å². The highest BCUT2D eigenvalue weighted by Crippen LogP contribution is 2.33. The molecular weight excluding hydrogens is 246 g/mol. The second-order valence-electron chi connectivity index (χ2n) is 3.62. The molecular formula is C11H8F2N2O3. The van der Waals surface area contributed by atoms with E-state index in [-0.39, 0.29) is 16.7 Å². The molecule has 0 aliphatic carbocycles. The Bertz CT molecular complexity index is 664. The number of hydrogen-bond acceptors (Lipinski definition) is 3. The zero-order chi connectivity index (χ0) is 13.4. The third kappa shape index (κ3) is 1.90. The average molecular weight is 254 g/mol. The molecule has 0 aliphatic heterocycles. The first-order valence-corrected chi connectivity index (χ1v) is 4.89. The fourth-order valence-electron chi connectivity index (χ4n) is 1.60. The molecule has 0 fully saturated rings. The van der Waals surface area contributed by atoms with E-state index in [1.54, 1.807) is 0 Å². The number of fused-ring (bicyclic) bond motifs is 1. The van der Waals surface area contributed by atoms with E-state index >= 15 is 0 Å². The van der Waals surface area contributed by atoms with Crippen LogP contribution in [0.5, 0.6) is 0 Å². The van der Waals surface area contributed by atoms with Crippen molar-refractivity contribution >= 4 is 28.5 Å². The molecule has 3 N–H and O–H groups in total. The first-order chi connectivity index (χ1) is 8.40. The Morgan fingerprint density at radius 2 is 2.00 bits per heavy atom. The minimum atomic E-state index is -0.991. The maximum Gasteiger partial charge on any atom is 0.286 e. The lowest BCUT2D eigenvalue weighted by atomic mass is 10.2. The van der Waals surface area contributed by atoms with Gasteiger partial charge >= 0.3 is 0 Å². The predicted octanol–water partition coefficient (Wildman–Crippen LogP) is 1.77. The van der Waals surface area contributed by atoms with E-state index in [1.807, 2.05) is 0 Å². The van der Waals surface area contributed by atoms with Crippen molar-refractivity contribution in [3.05, 3.63) is 29.5 Å². The van der Waals surface area contributed by atoms with Gasteiger partial charge in [0.1, 0.15) is 11.5 Å². The Morgan fingerprint density at radius 1 is 1.33 bits per heavy atom. The number of benzene rings is 1. The fraction of sp³-hybridized carbons (Fsp3) is 0.0909. The van der Waals surface area contributed by atoms with Crippen LogP contribution in [0.15, 0.2) is 16.5 Å². The van der Waals surface area contributed by atoms with Crippen LogP contribution < -0.4 is 11.1 Å². The Morgan fingerprint density at radius 3 is 2.56 bits per heavy atom. The molecule has 0 saturated heterocycles. The van der Waals surface area contributed by atoms with Gasteiger partial charge in [0, 0.05) is 13.0 Å². The van der Waals surface area contributed by atoms with E-state index in [0.717, 1.165) is 6.07 Å². The summed E-state index contributed by atoms with van der Waals surface area (Å²) in [5.41, 5.74) is 4.57. The molecule has 0 unspecified atom stereocenters. The van der Waals surface area contributed by atoms with Crippen molar-refractivity contribution in [3.63, 3.8) is 0 Å². The fourth-order valence-corrected chi connectivity index (χ4v) is 1.60. The predicted molar refractivity (Wildman–Crippen MR) is 59.0 cm³/mol. The van der Waals surface area contributed by atoms with Gasteiger partial charge in [0.2, 0.25) is 11.7 Å².